The fourth-order valence-corrected chi connectivity index (χ4v) is 6.24. The van der Waals surface area contributed by atoms with E-state index in [-0.39, 0.29) is 18.8 Å². The number of ether oxygens (including phenoxy) is 3. The molecule has 5 rings (SSSR count). The molecule has 1 aromatic heterocycles. The highest BCUT2D eigenvalue weighted by molar-refractivity contribution is 7.07. The van der Waals surface area contributed by atoms with Gasteiger partial charge in [-0.15, -0.1) is 0 Å². The number of nitrogens with zero attached hydrogens (tertiary/aromatic N) is 3. The van der Waals surface area contributed by atoms with Crippen molar-refractivity contribution in [3.63, 3.8) is 0 Å². The van der Waals surface area contributed by atoms with Gasteiger partial charge in [-0.05, 0) is 62.1 Å². The Bertz CT molecular complexity index is 1600. The third-order valence-electron chi connectivity index (χ3n) is 7.21. The number of hydrogen-bond acceptors (Lipinski definition) is 8. The molecule has 9 heteroatoms. The van der Waals surface area contributed by atoms with Crippen molar-refractivity contribution >= 4 is 29.1 Å². The van der Waals surface area contributed by atoms with Crippen LogP contribution < -0.4 is 24.5 Å². The Morgan fingerprint density at radius 1 is 1.10 bits per heavy atom. The number of rotatable bonds is 8. The molecular formula is C30H33N3O5S. The standard InChI is InChI=1S/C30H33N3O5S/c1-19-17-22(32-13-7-8-14-32)12-11-21(19)18-25-28(34)33-27(23-9-5-6-10-24(23)37-4)26(20(2)31-30(33)39-25)29(35)38-16-15-36-3/h5-6,9-12,17-18,27H,7-8,13-16H2,1-4H3. The molecule has 0 radical (unpaired) electrons. The van der Waals surface area contributed by atoms with Crippen molar-refractivity contribution in [2.24, 2.45) is 4.99 Å². The fourth-order valence-electron chi connectivity index (χ4n) is 5.20. The first kappa shape index (κ1) is 26.9. The number of benzene rings is 2. The zero-order valence-electron chi connectivity index (χ0n) is 22.7. The maximum absolute atomic E-state index is 14.0. The second-order valence-corrected chi connectivity index (χ2v) is 10.7. The van der Waals surface area contributed by atoms with Gasteiger partial charge < -0.3 is 19.1 Å². The molecule has 0 bridgehead atoms. The lowest BCUT2D eigenvalue weighted by atomic mass is 9.95. The first-order valence-electron chi connectivity index (χ1n) is 13.1. The number of carbonyl (C=O) groups is 1. The van der Waals surface area contributed by atoms with Gasteiger partial charge in [0.1, 0.15) is 18.4 Å². The predicted molar refractivity (Wildman–Crippen MR) is 152 cm³/mol. The normalized spacial score (nSPS) is 17.3. The molecule has 0 N–H and O–H groups in total. The molecule has 3 aromatic rings. The molecule has 3 heterocycles. The summed E-state index contributed by atoms with van der Waals surface area (Å²) in [5.41, 5.74) is 4.58. The van der Waals surface area contributed by atoms with Gasteiger partial charge in [0.05, 0.1) is 29.5 Å². The highest BCUT2D eigenvalue weighted by Crippen LogP contribution is 2.35. The number of esters is 1. The van der Waals surface area contributed by atoms with E-state index in [0.29, 0.717) is 31.9 Å². The van der Waals surface area contributed by atoms with E-state index in [1.165, 1.54) is 29.9 Å². The Morgan fingerprint density at radius 3 is 2.59 bits per heavy atom. The van der Waals surface area contributed by atoms with Crippen LogP contribution in [0.2, 0.25) is 0 Å². The quantitative estimate of drug-likeness (QED) is 0.318. The first-order valence-corrected chi connectivity index (χ1v) is 13.9. The van der Waals surface area contributed by atoms with Gasteiger partial charge in [-0.1, -0.05) is 35.6 Å². The van der Waals surface area contributed by atoms with Crippen LogP contribution in [0.15, 0.2) is 63.5 Å². The molecule has 8 nitrogen and oxygen atoms in total. The summed E-state index contributed by atoms with van der Waals surface area (Å²) in [6, 6.07) is 13.0. The van der Waals surface area contributed by atoms with Crippen LogP contribution in [0.25, 0.3) is 6.08 Å². The van der Waals surface area contributed by atoms with E-state index in [0.717, 1.165) is 24.2 Å². The third-order valence-corrected chi connectivity index (χ3v) is 8.19. The van der Waals surface area contributed by atoms with Crippen LogP contribution in [-0.2, 0) is 14.3 Å². The molecule has 1 unspecified atom stereocenters. The number of hydrogen-bond donors (Lipinski definition) is 0. The topological polar surface area (TPSA) is 82.4 Å². The second kappa shape index (κ2) is 11.6. The van der Waals surface area contributed by atoms with Crippen molar-refractivity contribution in [3.8, 4) is 5.75 Å². The van der Waals surface area contributed by atoms with E-state index in [1.54, 1.807) is 25.7 Å². The van der Waals surface area contributed by atoms with Gasteiger partial charge in [-0.3, -0.25) is 9.36 Å². The minimum Gasteiger partial charge on any atom is -0.496 e. The maximum atomic E-state index is 14.0. The predicted octanol–water partition coefficient (Wildman–Crippen LogP) is 3.34. The zero-order valence-corrected chi connectivity index (χ0v) is 23.5. The molecule has 0 spiro atoms. The maximum Gasteiger partial charge on any atom is 0.338 e. The summed E-state index contributed by atoms with van der Waals surface area (Å²) in [5.74, 6) is 0.0362. The zero-order chi connectivity index (χ0) is 27.5. The molecule has 0 saturated carbocycles. The molecule has 1 saturated heterocycles. The summed E-state index contributed by atoms with van der Waals surface area (Å²) in [4.78, 5) is 34.9. The summed E-state index contributed by atoms with van der Waals surface area (Å²) >= 11 is 1.32. The third kappa shape index (κ3) is 5.29. The Hall–Kier alpha value is -3.69. The largest absolute Gasteiger partial charge is 0.496 e. The van der Waals surface area contributed by atoms with Gasteiger partial charge in [-0.2, -0.15) is 0 Å². The van der Waals surface area contributed by atoms with Crippen LogP contribution in [-0.4, -0.2) is 51.1 Å². The average molecular weight is 548 g/mol. The summed E-state index contributed by atoms with van der Waals surface area (Å²) in [6.45, 7) is 6.37. The highest BCUT2D eigenvalue weighted by atomic mass is 32.1. The first-order chi connectivity index (χ1) is 18.9. The number of thiazole rings is 1. The number of fused-ring (bicyclic) bond motifs is 1. The van der Waals surface area contributed by atoms with Crippen LogP contribution in [0.3, 0.4) is 0 Å². The molecule has 2 aliphatic heterocycles. The van der Waals surface area contributed by atoms with E-state index in [1.807, 2.05) is 30.3 Å². The summed E-state index contributed by atoms with van der Waals surface area (Å²) in [7, 11) is 3.12. The van der Waals surface area contributed by atoms with Gasteiger partial charge in [-0.25, -0.2) is 9.79 Å². The molecule has 0 amide bonds. The van der Waals surface area contributed by atoms with E-state index in [9.17, 15) is 9.59 Å². The molecule has 1 fully saturated rings. The number of anilines is 1. The van der Waals surface area contributed by atoms with E-state index >= 15 is 0 Å². The van der Waals surface area contributed by atoms with Crippen LogP contribution in [0, 0.1) is 6.92 Å². The number of methoxy groups -OCH3 is 2. The summed E-state index contributed by atoms with van der Waals surface area (Å²) in [5, 5.41) is 0. The molecule has 204 valence electrons. The van der Waals surface area contributed by atoms with Crippen LogP contribution in [0.4, 0.5) is 5.69 Å². The van der Waals surface area contributed by atoms with Crippen LogP contribution >= 0.6 is 11.3 Å². The summed E-state index contributed by atoms with van der Waals surface area (Å²) < 4.78 is 18.3. The van der Waals surface area contributed by atoms with Gasteiger partial charge in [0.15, 0.2) is 4.80 Å². The minimum absolute atomic E-state index is 0.0991. The van der Waals surface area contributed by atoms with Gasteiger partial charge >= 0.3 is 5.97 Å². The van der Waals surface area contributed by atoms with Crippen molar-refractivity contribution in [3.05, 3.63) is 90.1 Å². The van der Waals surface area contributed by atoms with Crippen LogP contribution in [0.1, 0.15) is 42.5 Å². The van der Waals surface area contributed by atoms with Gasteiger partial charge in [0.2, 0.25) is 0 Å². The Balaban J connectivity index is 1.62. The Morgan fingerprint density at radius 2 is 1.87 bits per heavy atom. The lowest BCUT2D eigenvalue weighted by Gasteiger charge is -2.26. The molecule has 0 aliphatic carbocycles. The molecule has 1 atom stereocenters. The summed E-state index contributed by atoms with van der Waals surface area (Å²) in [6.07, 6.45) is 4.36. The van der Waals surface area contributed by atoms with Crippen molar-refractivity contribution < 1.29 is 19.0 Å². The fraction of sp³-hybridized carbons (Fsp3) is 0.367. The van der Waals surface area contributed by atoms with Gasteiger partial charge in [0, 0.05) is 31.5 Å². The molecule has 39 heavy (non-hydrogen) atoms. The van der Waals surface area contributed by atoms with Crippen molar-refractivity contribution in [1.29, 1.82) is 0 Å². The number of para-hydroxylation sites is 1. The lowest BCUT2D eigenvalue weighted by Crippen LogP contribution is -2.40. The second-order valence-electron chi connectivity index (χ2n) is 9.69. The van der Waals surface area contributed by atoms with E-state index in [2.05, 4.69) is 35.0 Å². The average Bonchev–Trinajstić information content (AvgIpc) is 3.58. The van der Waals surface area contributed by atoms with E-state index < -0.39 is 12.0 Å². The Kier molecular flexibility index (Phi) is 7.99. The smallest absolute Gasteiger partial charge is 0.338 e. The number of allylic oxidation sites excluding steroid dienone is 1. The highest BCUT2D eigenvalue weighted by Gasteiger charge is 2.35. The molecule has 2 aromatic carbocycles. The lowest BCUT2D eigenvalue weighted by molar-refractivity contribution is -0.140. The van der Waals surface area contributed by atoms with E-state index in [4.69, 9.17) is 14.2 Å². The molecule has 2 aliphatic rings. The monoisotopic (exact) mass is 547 g/mol. The number of aromatic nitrogens is 1. The van der Waals surface area contributed by atoms with Crippen molar-refractivity contribution in [2.45, 2.75) is 32.7 Å². The number of aryl methyl sites for hydroxylation is 1. The SMILES string of the molecule is COCCOC(=O)C1=C(C)N=c2sc(=Cc3ccc(N4CCCC4)cc3C)c(=O)n2C1c1ccccc1OC. The number of carbonyl (C=O) groups excluding carboxylic acids is 1. The van der Waals surface area contributed by atoms with Crippen molar-refractivity contribution in [2.75, 3.05) is 45.4 Å². The Labute approximate surface area is 231 Å². The van der Waals surface area contributed by atoms with Crippen LogP contribution in [0.5, 0.6) is 5.75 Å². The molecular weight excluding hydrogens is 514 g/mol. The minimum atomic E-state index is -0.742. The van der Waals surface area contributed by atoms with Crippen molar-refractivity contribution in [1.82, 2.24) is 4.57 Å². The van der Waals surface area contributed by atoms with Gasteiger partial charge in [0.25, 0.3) is 5.56 Å².